The highest BCUT2D eigenvalue weighted by molar-refractivity contribution is 4.82. The summed E-state index contributed by atoms with van der Waals surface area (Å²) in [5.74, 6) is 0. The molecule has 4 nitrogen and oxygen atoms in total. The van der Waals surface area contributed by atoms with Crippen LogP contribution < -0.4 is 5.32 Å². The van der Waals surface area contributed by atoms with E-state index in [0.29, 0.717) is 19.1 Å². The number of ether oxygens (including phenoxy) is 1. The zero-order valence-corrected chi connectivity index (χ0v) is 10.8. The molecule has 1 atom stereocenters. The van der Waals surface area contributed by atoms with Crippen LogP contribution in [0.5, 0.6) is 0 Å². The van der Waals surface area contributed by atoms with Gasteiger partial charge in [0.2, 0.25) is 0 Å². The maximum atomic E-state index is 9.76. The van der Waals surface area contributed by atoms with Crippen molar-refractivity contribution < 1.29 is 9.84 Å². The van der Waals surface area contributed by atoms with E-state index in [1.165, 1.54) is 12.8 Å². The van der Waals surface area contributed by atoms with Crippen molar-refractivity contribution in [3.63, 3.8) is 0 Å². The highest BCUT2D eigenvalue weighted by Crippen LogP contribution is 2.18. The van der Waals surface area contributed by atoms with Crippen LogP contribution >= 0.6 is 0 Å². The molecule has 0 amide bonds. The van der Waals surface area contributed by atoms with Gasteiger partial charge in [0.05, 0.1) is 18.8 Å². The van der Waals surface area contributed by atoms with E-state index in [1.54, 1.807) is 0 Å². The van der Waals surface area contributed by atoms with Gasteiger partial charge in [-0.25, -0.2) is 0 Å². The molecular formula is C12H26N2O2. The summed E-state index contributed by atoms with van der Waals surface area (Å²) >= 11 is 0. The lowest BCUT2D eigenvalue weighted by molar-refractivity contribution is 0.0520. The number of nitrogens with one attached hydrogen (secondary N) is 1. The first-order chi connectivity index (χ1) is 7.58. The normalized spacial score (nSPS) is 18.4. The van der Waals surface area contributed by atoms with E-state index in [1.807, 2.05) is 20.9 Å². The lowest BCUT2D eigenvalue weighted by atomic mass is 10.3. The van der Waals surface area contributed by atoms with Gasteiger partial charge in [-0.3, -0.25) is 0 Å². The zero-order valence-electron chi connectivity index (χ0n) is 10.8. The van der Waals surface area contributed by atoms with Gasteiger partial charge in [0.25, 0.3) is 0 Å². The van der Waals surface area contributed by atoms with Crippen molar-refractivity contribution in [3.8, 4) is 0 Å². The van der Waals surface area contributed by atoms with Crippen LogP contribution in [0.4, 0.5) is 0 Å². The third-order valence-electron chi connectivity index (χ3n) is 2.67. The van der Waals surface area contributed by atoms with E-state index < -0.39 is 0 Å². The Morgan fingerprint density at radius 2 is 2.12 bits per heavy atom. The number of likely N-dealkylation sites (N-methyl/N-ethyl adjacent to an activating group) is 1. The van der Waals surface area contributed by atoms with Crippen LogP contribution in [-0.2, 0) is 4.74 Å². The van der Waals surface area contributed by atoms with E-state index in [0.717, 1.165) is 13.2 Å². The summed E-state index contributed by atoms with van der Waals surface area (Å²) in [6, 6.07) is 0.671. The van der Waals surface area contributed by atoms with Gasteiger partial charge in [0.15, 0.2) is 0 Å². The topological polar surface area (TPSA) is 44.7 Å². The lowest BCUT2D eigenvalue weighted by Gasteiger charge is -2.21. The lowest BCUT2D eigenvalue weighted by Crippen LogP contribution is -2.38. The van der Waals surface area contributed by atoms with Crippen LogP contribution in [0, 0.1) is 0 Å². The van der Waals surface area contributed by atoms with Crippen molar-refractivity contribution in [2.45, 2.75) is 44.9 Å². The first kappa shape index (κ1) is 13.9. The minimum Gasteiger partial charge on any atom is -0.390 e. The maximum Gasteiger partial charge on any atom is 0.0791 e. The second kappa shape index (κ2) is 7.22. The van der Waals surface area contributed by atoms with E-state index in [-0.39, 0.29) is 12.2 Å². The molecule has 0 radical (unpaired) electrons. The number of hydrogen-bond donors (Lipinski definition) is 2. The fraction of sp³-hybridized carbons (Fsp3) is 1.00. The highest BCUT2D eigenvalue weighted by atomic mass is 16.5. The summed E-state index contributed by atoms with van der Waals surface area (Å²) in [7, 11) is 2.02. The highest BCUT2D eigenvalue weighted by Gasteiger charge is 2.21. The van der Waals surface area contributed by atoms with E-state index in [9.17, 15) is 5.11 Å². The van der Waals surface area contributed by atoms with E-state index in [2.05, 4.69) is 10.2 Å². The summed E-state index contributed by atoms with van der Waals surface area (Å²) in [6.45, 7) is 7.10. The standard InChI is InChI=1S/C12H26N2O2/c1-10(2)16-7-6-14(3)9-12(15)8-13-11-4-5-11/h10-13,15H,4-9H2,1-3H3. The fourth-order valence-electron chi connectivity index (χ4n) is 1.55. The first-order valence-electron chi connectivity index (χ1n) is 6.29. The molecule has 0 heterocycles. The second-order valence-corrected chi connectivity index (χ2v) is 5.02. The van der Waals surface area contributed by atoms with Crippen molar-refractivity contribution in [2.75, 3.05) is 33.3 Å². The monoisotopic (exact) mass is 230 g/mol. The molecule has 1 unspecified atom stereocenters. The molecule has 0 aromatic carbocycles. The Morgan fingerprint density at radius 1 is 1.44 bits per heavy atom. The number of rotatable bonds is 9. The Morgan fingerprint density at radius 3 is 2.69 bits per heavy atom. The molecule has 1 aliphatic carbocycles. The molecule has 0 aliphatic heterocycles. The van der Waals surface area contributed by atoms with Crippen LogP contribution in [0.2, 0.25) is 0 Å². The van der Waals surface area contributed by atoms with Crippen LogP contribution in [-0.4, -0.2) is 61.5 Å². The fourth-order valence-corrected chi connectivity index (χ4v) is 1.55. The number of aliphatic hydroxyl groups is 1. The molecule has 1 saturated carbocycles. The second-order valence-electron chi connectivity index (χ2n) is 5.02. The summed E-state index contributed by atoms with van der Waals surface area (Å²) < 4.78 is 5.46. The molecule has 4 heteroatoms. The summed E-state index contributed by atoms with van der Waals surface area (Å²) in [5, 5.41) is 13.1. The van der Waals surface area contributed by atoms with Crippen LogP contribution in [0.3, 0.4) is 0 Å². The molecular weight excluding hydrogens is 204 g/mol. The van der Waals surface area contributed by atoms with E-state index in [4.69, 9.17) is 4.74 Å². The SMILES string of the molecule is CC(C)OCCN(C)CC(O)CNC1CC1. The third kappa shape index (κ3) is 7.17. The third-order valence-corrected chi connectivity index (χ3v) is 2.67. The average molecular weight is 230 g/mol. The van der Waals surface area contributed by atoms with Crippen molar-refractivity contribution in [1.29, 1.82) is 0 Å². The minimum absolute atomic E-state index is 0.273. The van der Waals surface area contributed by atoms with E-state index >= 15 is 0 Å². The first-order valence-corrected chi connectivity index (χ1v) is 6.29. The summed E-state index contributed by atoms with van der Waals surface area (Å²) in [5.41, 5.74) is 0. The Labute approximate surface area is 99.0 Å². The van der Waals surface area contributed by atoms with Crippen molar-refractivity contribution in [1.82, 2.24) is 10.2 Å². The molecule has 2 N–H and O–H groups in total. The molecule has 0 saturated heterocycles. The Bertz CT molecular complexity index is 184. The summed E-state index contributed by atoms with van der Waals surface area (Å²) in [6.07, 6.45) is 2.55. The molecule has 0 aromatic heterocycles. The predicted octanol–water partition coefficient (Wildman–Crippen LogP) is 0.456. The molecule has 0 bridgehead atoms. The van der Waals surface area contributed by atoms with Gasteiger partial charge in [0, 0.05) is 25.7 Å². The van der Waals surface area contributed by atoms with Gasteiger partial charge < -0.3 is 20.1 Å². The minimum atomic E-state index is -0.273. The molecule has 1 fully saturated rings. The van der Waals surface area contributed by atoms with Gasteiger partial charge >= 0.3 is 0 Å². The van der Waals surface area contributed by atoms with Crippen LogP contribution in [0.25, 0.3) is 0 Å². The zero-order chi connectivity index (χ0) is 12.0. The largest absolute Gasteiger partial charge is 0.390 e. The molecule has 0 aromatic rings. The number of nitrogens with zero attached hydrogens (tertiary/aromatic N) is 1. The van der Waals surface area contributed by atoms with Crippen LogP contribution in [0.1, 0.15) is 26.7 Å². The number of aliphatic hydroxyl groups excluding tert-OH is 1. The van der Waals surface area contributed by atoms with Crippen LogP contribution in [0.15, 0.2) is 0 Å². The van der Waals surface area contributed by atoms with Gasteiger partial charge in [-0.1, -0.05) is 0 Å². The molecule has 1 rings (SSSR count). The molecule has 0 spiro atoms. The van der Waals surface area contributed by atoms with Gasteiger partial charge in [-0.15, -0.1) is 0 Å². The number of hydrogen-bond acceptors (Lipinski definition) is 4. The summed E-state index contributed by atoms with van der Waals surface area (Å²) in [4.78, 5) is 2.11. The molecule has 1 aliphatic rings. The molecule has 96 valence electrons. The Hall–Kier alpha value is -0.160. The predicted molar refractivity (Wildman–Crippen MR) is 65.6 cm³/mol. The average Bonchev–Trinajstić information content (AvgIpc) is 2.97. The van der Waals surface area contributed by atoms with Crippen molar-refractivity contribution >= 4 is 0 Å². The Kier molecular flexibility index (Phi) is 6.28. The van der Waals surface area contributed by atoms with Gasteiger partial charge in [-0.05, 0) is 33.7 Å². The smallest absolute Gasteiger partial charge is 0.0791 e. The molecule has 16 heavy (non-hydrogen) atoms. The van der Waals surface area contributed by atoms with Gasteiger partial charge in [0.1, 0.15) is 0 Å². The van der Waals surface area contributed by atoms with Crippen molar-refractivity contribution in [3.05, 3.63) is 0 Å². The van der Waals surface area contributed by atoms with Gasteiger partial charge in [-0.2, -0.15) is 0 Å². The quantitative estimate of drug-likeness (QED) is 0.604. The maximum absolute atomic E-state index is 9.76. The Balaban J connectivity index is 1.95. The van der Waals surface area contributed by atoms with Crippen molar-refractivity contribution in [2.24, 2.45) is 0 Å².